The molecule has 1 aliphatic heterocycles. The normalized spacial score (nSPS) is 24.6. The molecule has 0 unspecified atom stereocenters. The van der Waals surface area contributed by atoms with Crippen molar-refractivity contribution in [2.24, 2.45) is 0 Å². The Bertz CT molecular complexity index is 1420. The van der Waals surface area contributed by atoms with Gasteiger partial charge in [-0.25, -0.2) is 24.4 Å². The molecule has 4 rings (SSSR count). The lowest BCUT2D eigenvalue weighted by Crippen LogP contribution is -2.48. The number of anilines is 1. The van der Waals surface area contributed by atoms with Gasteiger partial charge in [0.15, 0.2) is 29.4 Å². The number of carbonyl (C=O) groups excluding carboxylic acids is 1. The van der Waals surface area contributed by atoms with Gasteiger partial charge in [0.25, 0.3) is 0 Å². The molecule has 1 fully saturated rings. The second-order valence-corrected chi connectivity index (χ2v) is 13.1. The van der Waals surface area contributed by atoms with Crippen LogP contribution in [0.25, 0.3) is 11.2 Å². The Balaban J connectivity index is 1.62. The Labute approximate surface area is 247 Å². The number of rotatable bonds is 12. The standard InChI is InChI=1S/C25H33ClFN6O6PS/c1-6-36-24(35)15(2)31-40(41,39-17-10-8-7-9-11-17)37-13-25(12-26)20(34)18(27)23(38-25)33-14-28-19-21(32(4)5)29-16(3)30-22(19)33/h7-11,14-15,18,20,23,34H,6,12-13H2,1-5H3,(H,31,41)/t15-,18-,20-,23+,25+,40+/m0/s1. The molecule has 0 radical (unpaired) electrons. The highest BCUT2D eigenvalue weighted by Crippen LogP contribution is 2.49. The van der Waals surface area contributed by atoms with Crippen molar-refractivity contribution < 1.29 is 32.8 Å². The predicted octanol–water partition coefficient (Wildman–Crippen LogP) is 3.27. The van der Waals surface area contributed by atoms with Crippen LogP contribution in [0, 0.1) is 6.92 Å². The van der Waals surface area contributed by atoms with E-state index in [0.29, 0.717) is 28.6 Å². The Morgan fingerprint density at radius 2 is 2.07 bits per heavy atom. The molecule has 0 bridgehead atoms. The first kappa shape index (κ1) is 31.5. The van der Waals surface area contributed by atoms with Gasteiger partial charge in [0.05, 0.1) is 25.4 Å². The van der Waals surface area contributed by atoms with E-state index in [1.54, 1.807) is 56.0 Å². The number of fused-ring (bicyclic) bond motifs is 1. The van der Waals surface area contributed by atoms with E-state index >= 15 is 4.39 Å². The lowest BCUT2D eigenvalue weighted by atomic mass is 9.99. The van der Waals surface area contributed by atoms with Crippen LogP contribution in [0.3, 0.4) is 0 Å². The van der Waals surface area contributed by atoms with Crippen LogP contribution in [0.15, 0.2) is 36.7 Å². The first-order valence-corrected chi connectivity index (χ1v) is 16.0. The Morgan fingerprint density at radius 3 is 2.71 bits per heavy atom. The highest BCUT2D eigenvalue weighted by atomic mass is 35.5. The average Bonchev–Trinajstić information content (AvgIpc) is 3.46. The molecule has 1 saturated heterocycles. The van der Waals surface area contributed by atoms with Gasteiger partial charge in [-0.05, 0) is 44.7 Å². The number of imidazole rings is 1. The molecule has 3 aromatic rings. The fourth-order valence-corrected chi connectivity index (χ4v) is 7.00. The summed E-state index contributed by atoms with van der Waals surface area (Å²) >= 11 is 12.0. The topological polar surface area (TPSA) is 133 Å². The van der Waals surface area contributed by atoms with Gasteiger partial charge in [0.1, 0.15) is 29.3 Å². The number of ether oxygens (including phenoxy) is 2. The zero-order chi connectivity index (χ0) is 29.9. The maximum atomic E-state index is 15.8. The van der Waals surface area contributed by atoms with Gasteiger partial charge >= 0.3 is 12.6 Å². The minimum atomic E-state index is -3.51. The fourth-order valence-electron chi connectivity index (χ4n) is 4.27. The summed E-state index contributed by atoms with van der Waals surface area (Å²) < 4.78 is 40.4. The summed E-state index contributed by atoms with van der Waals surface area (Å²) in [7, 11) is 3.62. The molecule has 1 aliphatic rings. The average molecular weight is 631 g/mol. The minimum Gasteiger partial charge on any atom is -0.465 e. The molecule has 0 amide bonds. The summed E-state index contributed by atoms with van der Waals surface area (Å²) in [6.45, 7) is 1.16. The lowest BCUT2D eigenvalue weighted by molar-refractivity contribution is -0.144. The van der Waals surface area contributed by atoms with Crippen LogP contribution in [0.4, 0.5) is 10.2 Å². The number of aryl methyl sites for hydroxylation is 1. The number of para-hydroxylation sites is 1. The van der Waals surface area contributed by atoms with E-state index in [1.807, 2.05) is 14.1 Å². The highest BCUT2D eigenvalue weighted by molar-refractivity contribution is 8.09. The third-order valence-electron chi connectivity index (χ3n) is 6.35. The van der Waals surface area contributed by atoms with Gasteiger partial charge < -0.3 is 28.5 Å². The molecule has 0 saturated carbocycles. The molecule has 1 aromatic carbocycles. The predicted molar refractivity (Wildman–Crippen MR) is 155 cm³/mol. The SMILES string of the molecule is CCOC(=O)[C@H](C)N[P@@](=S)(OC[C@@]1(CCl)O[C@@H](n2cnc3c(N(C)C)nc(C)nc32)[C@@H](F)[C@@H]1O)Oc1ccccc1. The number of nitrogens with zero attached hydrogens (tertiary/aromatic N) is 5. The number of aliphatic hydroxyl groups is 1. The van der Waals surface area contributed by atoms with Crippen molar-refractivity contribution in [2.75, 3.05) is 38.1 Å². The van der Waals surface area contributed by atoms with Gasteiger partial charge in [-0.2, -0.15) is 0 Å². The van der Waals surface area contributed by atoms with E-state index in [-0.39, 0.29) is 12.5 Å². The van der Waals surface area contributed by atoms with Crippen molar-refractivity contribution in [1.29, 1.82) is 0 Å². The van der Waals surface area contributed by atoms with Crippen molar-refractivity contribution >= 4 is 53.0 Å². The number of aromatic nitrogens is 4. The van der Waals surface area contributed by atoms with E-state index in [4.69, 9.17) is 41.9 Å². The summed E-state index contributed by atoms with van der Waals surface area (Å²) in [6, 6.07) is 7.74. The molecule has 41 heavy (non-hydrogen) atoms. The Morgan fingerprint density at radius 1 is 1.37 bits per heavy atom. The van der Waals surface area contributed by atoms with E-state index in [1.165, 1.54) is 10.9 Å². The van der Waals surface area contributed by atoms with Crippen LogP contribution in [0.1, 0.15) is 25.9 Å². The number of esters is 1. The minimum absolute atomic E-state index is 0.173. The maximum absolute atomic E-state index is 15.8. The molecule has 16 heteroatoms. The molecule has 2 N–H and O–H groups in total. The molecule has 0 aliphatic carbocycles. The highest BCUT2D eigenvalue weighted by Gasteiger charge is 2.57. The van der Waals surface area contributed by atoms with E-state index in [0.717, 1.165) is 0 Å². The van der Waals surface area contributed by atoms with Crippen molar-refractivity contribution in [3.8, 4) is 5.75 Å². The van der Waals surface area contributed by atoms with Crippen LogP contribution in [-0.2, 0) is 30.6 Å². The second kappa shape index (κ2) is 12.8. The monoisotopic (exact) mass is 630 g/mol. The Kier molecular flexibility index (Phi) is 9.85. The summed E-state index contributed by atoms with van der Waals surface area (Å²) in [6.07, 6.45) is -3.58. The first-order valence-electron chi connectivity index (χ1n) is 12.8. The number of nitrogens with one attached hydrogen (secondary N) is 1. The summed E-state index contributed by atoms with van der Waals surface area (Å²) in [4.78, 5) is 27.3. The van der Waals surface area contributed by atoms with Crippen LogP contribution in [0.2, 0.25) is 0 Å². The molecule has 224 valence electrons. The van der Waals surface area contributed by atoms with Crippen LogP contribution in [-0.4, -0.2) is 87.7 Å². The molecular formula is C25H33ClFN6O6PS. The van der Waals surface area contributed by atoms with Crippen molar-refractivity contribution in [3.05, 3.63) is 42.5 Å². The van der Waals surface area contributed by atoms with E-state index in [2.05, 4.69) is 20.0 Å². The number of alkyl halides is 2. The van der Waals surface area contributed by atoms with Crippen molar-refractivity contribution in [1.82, 2.24) is 24.6 Å². The van der Waals surface area contributed by atoms with Gasteiger partial charge in [-0.3, -0.25) is 9.36 Å². The number of aliphatic hydroxyl groups excluding tert-OH is 1. The lowest BCUT2D eigenvalue weighted by Gasteiger charge is -2.33. The van der Waals surface area contributed by atoms with Crippen molar-refractivity contribution in [2.45, 2.75) is 50.9 Å². The van der Waals surface area contributed by atoms with Crippen LogP contribution >= 0.6 is 18.2 Å². The smallest absolute Gasteiger partial charge is 0.323 e. The molecule has 12 nitrogen and oxygen atoms in total. The summed E-state index contributed by atoms with van der Waals surface area (Å²) in [5.74, 6) is 0.474. The van der Waals surface area contributed by atoms with Crippen molar-refractivity contribution in [3.63, 3.8) is 0 Å². The van der Waals surface area contributed by atoms with Gasteiger partial charge in [-0.15, -0.1) is 11.6 Å². The van der Waals surface area contributed by atoms with E-state index < -0.39 is 49.4 Å². The third-order valence-corrected chi connectivity index (χ3v) is 9.28. The number of halogens is 2. The fraction of sp³-hybridized carbons (Fsp3) is 0.520. The van der Waals surface area contributed by atoms with Crippen LogP contribution < -0.4 is 14.5 Å². The molecular weight excluding hydrogens is 598 g/mol. The molecule has 0 spiro atoms. The Hall–Kier alpha value is -2.45. The maximum Gasteiger partial charge on any atom is 0.323 e. The first-order chi connectivity index (χ1) is 19.4. The zero-order valence-electron chi connectivity index (χ0n) is 23.2. The summed E-state index contributed by atoms with van der Waals surface area (Å²) in [5.41, 5.74) is -0.961. The zero-order valence-corrected chi connectivity index (χ0v) is 25.7. The number of hydrogen-bond donors (Lipinski definition) is 2. The number of benzene rings is 1. The van der Waals surface area contributed by atoms with Crippen LogP contribution in [0.5, 0.6) is 5.75 Å². The largest absolute Gasteiger partial charge is 0.465 e. The number of hydrogen-bond acceptors (Lipinski definition) is 11. The van der Waals surface area contributed by atoms with Gasteiger partial charge in [-0.1, -0.05) is 18.2 Å². The van der Waals surface area contributed by atoms with Gasteiger partial charge in [0, 0.05) is 14.1 Å². The van der Waals surface area contributed by atoms with Gasteiger partial charge in [0.2, 0.25) is 0 Å². The molecule has 6 atom stereocenters. The quantitative estimate of drug-likeness (QED) is 0.173. The molecule has 3 heterocycles. The molecule has 2 aromatic heterocycles. The summed E-state index contributed by atoms with van der Waals surface area (Å²) in [5, 5.41) is 14.0. The second-order valence-electron chi connectivity index (χ2n) is 9.69. The number of carbonyl (C=O) groups is 1. The van der Waals surface area contributed by atoms with E-state index in [9.17, 15) is 9.90 Å². The third kappa shape index (κ3) is 6.64.